The van der Waals surface area contributed by atoms with Gasteiger partial charge in [-0.25, -0.2) is 4.79 Å². The van der Waals surface area contributed by atoms with E-state index in [2.05, 4.69) is 4.74 Å². The number of Topliss-reactive ketones (excluding diaryl/α,β-unsaturated/α-hetero) is 1. The average molecular weight is 253 g/mol. The molecular formula is C15H11NO3. The average Bonchev–Trinajstić information content (AvgIpc) is 2.47. The van der Waals surface area contributed by atoms with Crippen LogP contribution in [0.4, 0.5) is 0 Å². The highest BCUT2D eigenvalue weighted by atomic mass is 16.5. The summed E-state index contributed by atoms with van der Waals surface area (Å²) in [5, 5.41) is 10.9. The van der Waals surface area contributed by atoms with Gasteiger partial charge in [-0.3, -0.25) is 4.79 Å². The molecule has 4 heteroatoms. The Morgan fingerprint density at radius 1 is 1.16 bits per heavy atom. The lowest BCUT2D eigenvalue weighted by atomic mass is 9.91. The molecule has 0 aromatic heterocycles. The molecule has 0 radical (unpaired) electrons. The number of hydrogen-bond acceptors (Lipinski definition) is 4. The molecule has 0 aliphatic carbocycles. The largest absolute Gasteiger partial charge is 0.463 e. The second-order valence-corrected chi connectivity index (χ2v) is 3.99. The summed E-state index contributed by atoms with van der Waals surface area (Å²) >= 11 is 0. The van der Waals surface area contributed by atoms with Crippen molar-refractivity contribution in [1.29, 1.82) is 5.26 Å². The molecule has 4 nitrogen and oxygen atoms in total. The molecule has 0 spiro atoms. The first-order valence-corrected chi connectivity index (χ1v) is 5.68. The van der Waals surface area contributed by atoms with Gasteiger partial charge in [-0.1, -0.05) is 42.5 Å². The van der Waals surface area contributed by atoms with Crippen molar-refractivity contribution in [3.8, 4) is 6.07 Å². The molecule has 19 heavy (non-hydrogen) atoms. The molecule has 0 fully saturated rings. The van der Waals surface area contributed by atoms with E-state index in [0.29, 0.717) is 5.56 Å². The first-order valence-electron chi connectivity index (χ1n) is 5.68. The van der Waals surface area contributed by atoms with E-state index in [9.17, 15) is 14.9 Å². The minimum atomic E-state index is -1.14. The van der Waals surface area contributed by atoms with E-state index in [0.717, 1.165) is 17.9 Å². The lowest BCUT2D eigenvalue weighted by Crippen LogP contribution is -2.22. The van der Waals surface area contributed by atoms with Crippen LogP contribution in [0.15, 0.2) is 42.5 Å². The van der Waals surface area contributed by atoms with Crippen LogP contribution in [0.3, 0.4) is 0 Å². The Morgan fingerprint density at radius 2 is 1.84 bits per heavy atom. The second-order valence-electron chi connectivity index (χ2n) is 3.99. The van der Waals surface area contributed by atoms with Crippen LogP contribution >= 0.6 is 0 Å². The van der Waals surface area contributed by atoms with Gasteiger partial charge in [0.2, 0.25) is 0 Å². The minimum Gasteiger partial charge on any atom is -0.463 e. The van der Waals surface area contributed by atoms with E-state index >= 15 is 0 Å². The highest BCUT2D eigenvalue weighted by molar-refractivity contribution is 6.36. The molecule has 0 saturated heterocycles. The van der Waals surface area contributed by atoms with Crippen molar-refractivity contribution in [2.24, 2.45) is 0 Å². The standard InChI is InChI=1S/C15H11NO3/c1-19-15(18)14(17)13(9-16)12-8-4-6-10-5-2-3-7-11(10)12/h2-8,13H,1H3/t13-/m1/s1. The SMILES string of the molecule is COC(=O)C(=O)[C@H](C#N)c1cccc2ccccc12. The summed E-state index contributed by atoms with van der Waals surface area (Å²) in [6.45, 7) is 0. The molecule has 2 aromatic carbocycles. The van der Waals surface area contributed by atoms with Crippen LogP contribution in [0.1, 0.15) is 11.5 Å². The number of rotatable bonds is 3. The Bertz CT molecular complexity index is 680. The Balaban J connectivity index is 2.57. The summed E-state index contributed by atoms with van der Waals surface area (Å²) in [5.74, 6) is -2.99. The molecule has 2 aromatic rings. The van der Waals surface area contributed by atoms with Crippen molar-refractivity contribution in [3.63, 3.8) is 0 Å². The quantitative estimate of drug-likeness (QED) is 0.621. The monoisotopic (exact) mass is 253 g/mol. The van der Waals surface area contributed by atoms with E-state index in [1.54, 1.807) is 12.1 Å². The van der Waals surface area contributed by atoms with Crippen molar-refractivity contribution in [3.05, 3.63) is 48.0 Å². The third kappa shape index (κ3) is 2.31. The number of carbonyl (C=O) groups excluding carboxylic acids is 2. The van der Waals surface area contributed by atoms with Crippen LogP contribution in [-0.2, 0) is 14.3 Å². The number of benzene rings is 2. The molecule has 94 valence electrons. The molecule has 0 amide bonds. The second kappa shape index (κ2) is 5.32. The van der Waals surface area contributed by atoms with Crippen molar-refractivity contribution in [2.75, 3.05) is 7.11 Å². The van der Waals surface area contributed by atoms with Crippen molar-refractivity contribution >= 4 is 22.5 Å². The Kier molecular flexibility index (Phi) is 3.58. The number of nitriles is 1. The number of ketones is 1. The number of carbonyl (C=O) groups is 2. The molecule has 0 saturated carbocycles. The zero-order valence-corrected chi connectivity index (χ0v) is 10.3. The normalized spacial score (nSPS) is 11.6. The zero-order valence-electron chi connectivity index (χ0n) is 10.3. The van der Waals surface area contributed by atoms with Gasteiger partial charge in [-0.15, -0.1) is 0 Å². The van der Waals surface area contributed by atoms with E-state index < -0.39 is 17.7 Å². The van der Waals surface area contributed by atoms with E-state index in [4.69, 9.17) is 0 Å². The van der Waals surface area contributed by atoms with Gasteiger partial charge in [0, 0.05) is 0 Å². The van der Waals surface area contributed by atoms with Gasteiger partial charge in [-0.05, 0) is 16.3 Å². The molecule has 0 unspecified atom stereocenters. The predicted octanol–water partition coefficient (Wildman–Crippen LogP) is 2.19. The van der Waals surface area contributed by atoms with Gasteiger partial charge >= 0.3 is 5.97 Å². The first kappa shape index (κ1) is 12.8. The number of ether oxygens (including phenoxy) is 1. The maximum Gasteiger partial charge on any atom is 0.376 e. The summed E-state index contributed by atoms with van der Waals surface area (Å²) in [5.41, 5.74) is 0.524. The van der Waals surface area contributed by atoms with Gasteiger partial charge in [0.05, 0.1) is 13.2 Å². The van der Waals surface area contributed by atoms with Crippen LogP contribution in [0.2, 0.25) is 0 Å². The van der Waals surface area contributed by atoms with Gasteiger partial charge < -0.3 is 4.74 Å². The molecule has 2 rings (SSSR count). The highest BCUT2D eigenvalue weighted by Gasteiger charge is 2.28. The minimum absolute atomic E-state index is 0.524. The topological polar surface area (TPSA) is 67.2 Å². The smallest absolute Gasteiger partial charge is 0.376 e. The van der Waals surface area contributed by atoms with Crippen LogP contribution in [-0.4, -0.2) is 18.9 Å². The number of hydrogen-bond donors (Lipinski definition) is 0. The maximum atomic E-state index is 11.9. The molecule has 0 heterocycles. The Labute approximate surface area is 110 Å². The van der Waals surface area contributed by atoms with Crippen molar-refractivity contribution in [2.45, 2.75) is 5.92 Å². The summed E-state index contributed by atoms with van der Waals surface area (Å²) in [4.78, 5) is 23.2. The third-order valence-corrected chi connectivity index (χ3v) is 2.91. The fourth-order valence-corrected chi connectivity index (χ4v) is 1.99. The number of methoxy groups -OCH3 is 1. The summed E-state index contributed by atoms with van der Waals surface area (Å²) in [7, 11) is 1.12. The van der Waals surface area contributed by atoms with Gasteiger partial charge in [-0.2, -0.15) is 5.26 Å². The number of esters is 1. The van der Waals surface area contributed by atoms with Crippen molar-refractivity contribution in [1.82, 2.24) is 0 Å². The van der Waals surface area contributed by atoms with Gasteiger partial charge in [0.1, 0.15) is 5.92 Å². The van der Waals surface area contributed by atoms with Crippen LogP contribution in [0, 0.1) is 11.3 Å². The van der Waals surface area contributed by atoms with E-state index in [1.165, 1.54) is 0 Å². The van der Waals surface area contributed by atoms with Gasteiger partial charge in [0.15, 0.2) is 0 Å². The molecule has 1 atom stereocenters. The number of nitrogens with zero attached hydrogens (tertiary/aromatic N) is 1. The Morgan fingerprint density at radius 3 is 2.53 bits per heavy atom. The summed E-state index contributed by atoms with van der Waals surface area (Å²) in [6.07, 6.45) is 0. The predicted molar refractivity (Wildman–Crippen MR) is 69.3 cm³/mol. The molecular weight excluding hydrogens is 242 g/mol. The lowest BCUT2D eigenvalue weighted by Gasteiger charge is -2.10. The first-order chi connectivity index (χ1) is 9.19. The van der Waals surface area contributed by atoms with Crippen LogP contribution in [0.25, 0.3) is 10.8 Å². The van der Waals surface area contributed by atoms with Gasteiger partial charge in [0.25, 0.3) is 5.78 Å². The summed E-state index contributed by atoms with van der Waals surface area (Å²) in [6, 6.07) is 14.6. The zero-order chi connectivity index (χ0) is 13.8. The molecule has 0 aliphatic heterocycles. The molecule has 0 aliphatic rings. The summed E-state index contributed by atoms with van der Waals surface area (Å²) < 4.78 is 4.39. The van der Waals surface area contributed by atoms with Crippen molar-refractivity contribution < 1.29 is 14.3 Å². The highest BCUT2D eigenvalue weighted by Crippen LogP contribution is 2.26. The van der Waals surface area contributed by atoms with E-state index in [1.807, 2.05) is 36.4 Å². The Hall–Kier alpha value is -2.67. The fraction of sp³-hybridized carbons (Fsp3) is 0.133. The fourth-order valence-electron chi connectivity index (χ4n) is 1.99. The molecule has 0 bridgehead atoms. The van der Waals surface area contributed by atoms with Crippen LogP contribution in [0.5, 0.6) is 0 Å². The maximum absolute atomic E-state index is 11.9. The lowest BCUT2D eigenvalue weighted by molar-refractivity contribution is -0.151. The number of fused-ring (bicyclic) bond motifs is 1. The van der Waals surface area contributed by atoms with Crippen LogP contribution < -0.4 is 0 Å². The van der Waals surface area contributed by atoms with E-state index in [-0.39, 0.29) is 0 Å². The third-order valence-electron chi connectivity index (χ3n) is 2.91. The molecule has 0 N–H and O–H groups in total.